The minimum absolute atomic E-state index is 0.0657. The van der Waals surface area contributed by atoms with Gasteiger partial charge in [-0.2, -0.15) is 0 Å². The van der Waals surface area contributed by atoms with Gasteiger partial charge in [0.25, 0.3) is 5.91 Å². The van der Waals surface area contributed by atoms with E-state index < -0.39 is 5.91 Å². The summed E-state index contributed by atoms with van der Waals surface area (Å²) < 4.78 is 1.81. The van der Waals surface area contributed by atoms with Crippen LogP contribution in [0.5, 0.6) is 0 Å². The van der Waals surface area contributed by atoms with Crippen molar-refractivity contribution in [2.75, 3.05) is 19.5 Å². The van der Waals surface area contributed by atoms with Gasteiger partial charge in [0.2, 0.25) is 5.43 Å². The Balaban J connectivity index is 1.70. The van der Waals surface area contributed by atoms with E-state index in [2.05, 4.69) is 34.6 Å². The Morgan fingerprint density at radius 1 is 1.31 bits per heavy atom. The van der Waals surface area contributed by atoms with Crippen LogP contribution >= 0.6 is 0 Å². The molecule has 0 bridgehead atoms. The highest BCUT2D eigenvalue weighted by atomic mass is 16.7. The number of carbonyl (C=O) groups is 1. The number of fused-ring (bicyclic) bond motifs is 2. The van der Waals surface area contributed by atoms with Crippen LogP contribution < -0.4 is 10.7 Å². The third-order valence-corrected chi connectivity index (χ3v) is 5.47. The molecule has 1 N–H and O–H groups in total. The summed E-state index contributed by atoms with van der Waals surface area (Å²) in [7, 11) is 2.87. The highest BCUT2D eigenvalue weighted by molar-refractivity contribution is 5.96. The fourth-order valence-corrected chi connectivity index (χ4v) is 3.90. The van der Waals surface area contributed by atoms with E-state index in [1.807, 2.05) is 11.5 Å². The van der Waals surface area contributed by atoms with Crippen molar-refractivity contribution in [3.05, 3.63) is 69.6 Å². The molecule has 1 aliphatic carbocycles. The number of aryl methyl sites for hydroxylation is 1. The highest BCUT2D eigenvalue weighted by Crippen LogP contribution is 2.25. The summed E-state index contributed by atoms with van der Waals surface area (Å²) in [6.07, 6.45) is 5.17. The normalized spacial score (nSPS) is 13.5. The quantitative estimate of drug-likeness (QED) is 0.676. The minimum Gasteiger partial charge on any atom is -0.380 e. The van der Waals surface area contributed by atoms with Crippen molar-refractivity contribution in [2.24, 2.45) is 0 Å². The van der Waals surface area contributed by atoms with Crippen molar-refractivity contribution in [2.45, 2.75) is 32.4 Å². The molecule has 2 heterocycles. The average Bonchev–Trinajstić information content (AvgIpc) is 3.15. The first-order chi connectivity index (χ1) is 14.0. The van der Waals surface area contributed by atoms with Gasteiger partial charge in [-0.05, 0) is 37.0 Å². The van der Waals surface area contributed by atoms with E-state index in [1.165, 1.54) is 25.3 Å². The van der Waals surface area contributed by atoms with E-state index in [4.69, 9.17) is 4.84 Å². The van der Waals surface area contributed by atoms with Gasteiger partial charge < -0.3 is 9.88 Å². The fraction of sp³-hybridized carbons (Fsp3) is 0.318. The SMILES string of the molecule is CCn1cc(C(=O)N(C)OC)c(=O)c2cc(NC3Cc4ccccc4C3)cnc21. The van der Waals surface area contributed by atoms with Gasteiger partial charge >= 0.3 is 0 Å². The van der Waals surface area contributed by atoms with Gasteiger partial charge in [0.05, 0.1) is 24.4 Å². The summed E-state index contributed by atoms with van der Waals surface area (Å²) in [5, 5.41) is 4.97. The van der Waals surface area contributed by atoms with Gasteiger partial charge in [0.1, 0.15) is 11.2 Å². The van der Waals surface area contributed by atoms with E-state index in [9.17, 15) is 9.59 Å². The van der Waals surface area contributed by atoms with Gasteiger partial charge in [0, 0.05) is 25.8 Å². The van der Waals surface area contributed by atoms with Crippen molar-refractivity contribution in [3.63, 3.8) is 0 Å². The molecular weight excluding hydrogens is 368 g/mol. The molecule has 0 atom stereocenters. The Morgan fingerprint density at radius 3 is 2.62 bits per heavy atom. The zero-order valence-electron chi connectivity index (χ0n) is 16.8. The summed E-state index contributed by atoms with van der Waals surface area (Å²) >= 11 is 0. The van der Waals surface area contributed by atoms with Gasteiger partial charge in [-0.1, -0.05) is 24.3 Å². The molecule has 0 saturated carbocycles. The number of amides is 1. The molecule has 0 unspecified atom stereocenters. The summed E-state index contributed by atoms with van der Waals surface area (Å²) in [6, 6.07) is 10.5. The standard InChI is InChI=1S/C22H24N4O3/c1-4-26-13-19(22(28)25(2)29-3)20(27)18-11-17(12-23-21(18)26)24-16-9-14-7-5-6-8-15(14)10-16/h5-8,11-13,16,24H,4,9-10H2,1-3H3. The van der Waals surface area contributed by atoms with Gasteiger partial charge in [0.15, 0.2) is 0 Å². The minimum atomic E-state index is -0.480. The number of hydroxylamine groups is 2. The maximum atomic E-state index is 13.0. The Bertz CT molecular complexity index is 1110. The second kappa shape index (κ2) is 7.67. The van der Waals surface area contributed by atoms with E-state index in [1.54, 1.807) is 18.5 Å². The largest absolute Gasteiger partial charge is 0.380 e. The van der Waals surface area contributed by atoms with Gasteiger partial charge in [-0.15, -0.1) is 0 Å². The maximum absolute atomic E-state index is 13.0. The van der Waals surface area contributed by atoms with Crippen LogP contribution in [-0.2, 0) is 24.2 Å². The van der Waals surface area contributed by atoms with E-state index in [0.29, 0.717) is 17.6 Å². The molecule has 3 aromatic rings. The maximum Gasteiger partial charge on any atom is 0.282 e. The zero-order chi connectivity index (χ0) is 20.5. The molecule has 150 valence electrons. The number of aromatic nitrogens is 2. The summed E-state index contributed by atoms with van der Waals surface area (Å²) in [5.74, 6) is -0.480. The summed E-state index contributed by atoms with van der Waals surface area (Å²) in [4.78, 5) is 35.1. The number of carbonyl (C=O) groups excluding carboxylic acids is 1. The average molecular weight is 392 g/mol. The monoisotopic (exact) mass is 392 g/mol. The molecule has 2 aromatic heterocycles. The first-order valence-electron chi connectivity index (χ1n) is 9.70. The highest BCUT2D eigenvalue weighted by Gasteiger charge is 2.22. The number of hydrogen-bond donors (Lipinski definition) is 1. The molecule has 0 fully saturated rings. The van der Waals surface area contributed by atoms with Gasteiger partial charge in [-0.25, -0.2) is 10.0 Å². The van der Waals surface area contributed by atoms with Crippen LogP contribution in [0.1, 0.15) is 28.4 Å². The van der Waals surface area contributed by atoms with E-state index in [-0.39, 0.29) is 17.0 Å². The van der Waals surface area contributed by atoms with E-state index in [0.717, 1.165) is 23.6 Å². The topological polar surface area (TPSA) is 76.5 Å². The number of rotatable bonds is 5. The van der Waals surface area contributed by atoms with Crippen molar-refractivity contribution in [3.8, 4) is 0 Å². The van der Waals surface area contributed by atoms with Crippen LogP contribution in [0.3, 0.4) is 0 Å². The van der Waals surface area contributed by atoms with Crippen molar-refractivity contribution < 1.29 is 9.63 Å². The number of nitrogens with one attached hydrogen (secondary N) is 1. The Hall–Kier alpha value is -3.19. The molecule has 29 heavy (non-hydrogen) atoms. The lowest BCUT2D eigenvalue weighted by Crippen LogP contribution is -2.31. The lowest BCUT2D eigenvalue weighted by Gasteiger charge is -2.17. The summed E-state index contributed by atoms with van der Waals surface area (Å²) in [6.45, 7) is 2.53. The molecule has 0 spiro atoms. The van der Waals surface area contributed by atoms with Crippen LogP contribution in [0.25, 0.3) is 11.0 Å². The molecular formula is C22H24N4O3. The third-order valence-electron chi connectivity index (χ3n) is 5.47. The molecule has 7 nitrogen and oxygen atoms in total. The molecule has 0 aliphatic heterocycles. The number of hydrogen-bond acceptors (Lipinski definition) is 5. The first kappa shape index (κ1) is 19.1. The predicted molar refractivity (Wildman–Crippen MR) is 112 cm³/mol. The van der Waals surface area contributed by atoms with Crippen LogP contribution in [0.15, 0.2) is 47.5 Å². The molecule has 1 aromatic carbocycles. The Morgan fingerprint density at radius 2 is 2.00 bits per heavy atom. The number of anilines is 1. The van der Waals surface area contributed by atoms with Crippen LogP contribution in [0, 0.1) is 0 Å². The number of benzene rings is 1. The first-order valence-corrected chi connectivity index (χ1v) is 9.70. The van der Waals surface area contributed by atoms with Crippen LogP contribution in [-0.4, -0.2) is 40.7 Å². The molecule has 0 radical (unpaired) electrons. The lowest BCUT2D eigenvalue weighted by atomic mass is 10.1. The molecule has 4 rings (SSSR count). The molecule has 7 heteroatoms. The second-order valence-corrected chi connectivity index (χ2v) is 7.26. The van der Waals surface area contributed by atoms with Crippen molar-refractivity contribution in [1.82, 2.24) is 14.6 Å². The Labute approximate surface area is 168 Å². The number of pyridine rings is 2. The smallest absolute Gasteiger partial charge is 0.282 e. The zero-order valence-corrected chi connectivity index (χ0v) is 16.8. The molecule has 1 amide bonds. The van der Waals surface area contributed by atoms with Gasteiger partial charge in [-0.3, -0.25) is 14.4 Å². The lowest BCUT2D eigenvalue weighted by molar-refractivity contribution is -0.0758. The molecule has 0 saturated heterocycles. The van der Waals surface area contributed by atoms with Crippen LogP contribution in [0.2, 0.25) is 0 Å². The predicted octanol–water partition coefficient (Wildman–Crippen LogP) is 2.63. The fourth-order valence-electron chi connectivity index (χ4n) is 3.90. The van der Waals surface area contributed by atoms with Crippen molar-refractivity contribution >= 4 is 22.6 Å². The van der Waals surface area contributed by atoms with E-state index >= 15 is 0 Å². The second-order valence-electron chi connectivity index (χ2n) is 7.26. The third kappa shape index (κ3) is 3.49. The Kier molecular flexibility index (Phi) is 5.07. The molecule has 1 aliphatic rings. The number of nitrogens with zero attached hydrogens (tertiary/aromatic N) is 3. The summed E-state index contributed by atoms with van der Waals surface area (Å²) in [5.41, 5.74) is 3.76. The van der Waals surface area contributed by atoms with Crippen LogP contribution in [0.4, 0.5) is 5.69 Å². The van der Waals surface area contributed by atoms with Crippen molar-refractivity contribution in [1.29, 1.82) is 0 Å².